The van der Waals surface area contributed by atoms with Crippen molar-refractivity contribution in [2.45, 2.75) is 19.4 Å². The lowest BCUT2D eigenvalue weighted by Gasteiger charge is -2.13. The molecule has 0 aliphatic rings. The summed E-state index contributed by atoms with van der Waals surface area (Å²) in [7, 11) is 0. The normalized spacial score (nSPS) is 11.9. The number of anilines is 1. The fourth-order valence-electron chi connectivity index (χ4n) is 1.89. The number of urea groups is 1. The second kappa shape index (κ2) is 7.07. The van der Waals surface area contributed by atoms with Gasteiger partial charge in [0.1, 0.15) is 0 Å². The van der Waals surface area contributed by atoms with Crippen LogP contribution in [0.3, 0.4) is 0 Å². The fraction of sp³-hybridized carbons (Fsp3) is 0.267. The van der Waals surface area contributed by atoms with Crippen LogP contribution in [-0.2, 0) is 6.42 Å². The van der Waals surface area contributed by atoms with Crippen LogP contribution in [0.4, 0.5) is 10.5 Å². The Morgan fingerprint density at radius 2 is 2.15 bits per heavy atom. The molecule has 1 atom stereocenters. The molecule has 1 aromatic carbocycles. The topological polar surface area (TPSA) is 61.4 Å². The quantitative estimate of drug-likeness (QED) is 0.792. The second-order valence-corrected chi connectivity index (χ2v) is 5.20. The maximum atomic E-state index is 11.8. The molecule has 1 unspecified atom stereocenters. The van der Waals surface area contributed by atoms with E-state index in [4.69, 9.17) is 0 Å². The van der Waals surface area contributed by atoms with Crippen LogP contribution in [0.2, 0.25) is 0 Å². The van der Waals surface area contributed by atoms with Crippen LogP contribution < -0.4 is 10.6 Å². The number of hydrogen-bond acceptors (Lipinski definition) is 3. The molecule has 2 amide bonds. The summed E-state index contributed by atoms with van der Waals surface area (Å²) in [5.74, 6) is 0. The Bertz CT molecular complexity index is 555. The van der Waals surface area contributed by atoms with Crippen LogP contribution in [0, 0.1) is 0 Å². The second-order valence-electron chi connectivity index (χ2n) is 4.42. The Balaban J connectivity index is 1.86. The van der Waals surface area contributed by atoms with Crippen molar-refractivity contribution in [3.63, 3.8) is 0 Å². The predicted octanol–water partition coefficient (Wildman–Crippen LogP) is 3.17. The highest BCUT2D eigenvalue weighted by molar-refractivity contribution is 7.07. The molecule has 1 heterocycles. The van der Waals surface area contributed by atoms with Gasteiger partial charge in [-0.05, 0) is 40.4 Å². The maximum Gasteiger partial charge on any atom is 0.319 e. The van der Waals surface area contributed by atoms with E-state index in [2.05, 4.69) is 10.6 Å². The molecule has 20 heavy (non-hydrogen) atoms. The van der Waals surface area contributed by atoms with Crippen molar-refractivity contribution in [1.82, 2.24) is 5.32 Å². The summed E-state index contributed by atoms with van der Waals surface area (Å²) in [5.41, 5.74) is 2.71. The van der Waals surface area contributed by atoms with Crippen molar-refractivity contribution in [2.75, 3.05) is 11.9 Å². The van der Waals surface area contributed by atoms with Crippen LogP contribution in [0.25, 0.3) is 0 Å². The van der Waals surface area contributed by atoms with Gasteiger partial charge in [-0.3, -0.25) is 0 Å². The summed E-state index contributed by atoms with van der Waals surface area (Å²) in [5, 5.41) is 19.1. The van der Waals surface area contributed by atoms with Crippen LogP contribution in [0.15, 0.2) is 41.1 Å². The van der Waals surface area contributed by atoms with Gasteiger partial charge in [0.15, 0.2) is 0 Å². The minimum absolute atomic E-state index is 0.191. The maximum absolute atomic E-state index is 11.8. The summed E-state index contributed by atoms with van der Waals surface area (Å²) in [6.45, 7) is 2.23. The minimum Gasteiger partial charge on any atom is -0.387 e. The number of carbonyl (C=O) groups is 1. The predicted molar refractivity (Wildman–Crippen MR) is 82.1 cm³/mol. The Hall–Kier alpha value is -1.85. The lowest BCUT2D eigenvalue weighted by molar-refractivity contribution is 0.175. The molecule has 4 nitrogen and oxygen atoms in total. The van der Waals surface area contributed by atoms with Crippen molar-refractivity contribution in [3.05, 3.63) is 52.2 Å². The summed E-state index contributed by atoms with van der Waals surface area (Å²) in [6.07, 6.45) is 0.182. The summed E-state index contributed by atoms with van der Waals surface area (Å²) >= 11 is 1.52. The third-order valence-corrected chi connectivity index (χ3v) is 3.73. The molecule has 106 valence electrons. The Morgan fingerprint density at radius 1 is 1.35 bits per heavy atom. The van der Waals surface area contributed by atoms with Gasteiger partial charge in [-0.15, -0.1) is 0 Å². The standard InChI is InChI=1S/C15H18N2O2S/c1-2-11-5-3-4-6-13(11)17-15(19)16-9-14(18)12-7-8-20-10-12/h3-8,10,14,18H,2,9H2,1H3,(H2,16,17,19). The van der Waals surface area contributed by atoms with Crippen molar-refractivity contribution in [3.8, 4) is 0 Å². The van der Waals surface area contributed by atoms with Gasteiger partial charge in [0.25, 0.3) is 0 Å². The zero-order valence-corrected chi connectivity index (χ0v) is 12.1. The van der Waals surface area contributed by atoms with Crippen LogP contribution in [0.1, 0.15) is 24.2 Å². The van der Waals surface area contributed by atoms with Gasteiger partial charge in [-0.1, -0.05) is 25.1 Å². The minimum atomic E-state index is -0.673. The highest BCUT2D eigenvalue weighted by Crippen LogP contribution is 2.16. The number of aliphatic hydroxyl groups excluding tert-OH is 1. The van der Waals surface area contributed by atoms with E-state index in [1.165, 1.54) is 11.3 Å². The van der Waals surface area contributed by atoms with Crippen molar-refractivity contribution >= 4 is 23.1 Å². The monoisotopic (exact) mass is 290 g/mol. The van der Waals surface area contributed by atoms with E-state index in [9.17, 15) is 9.90 Å². The van der Waals surface area contributed by atoms with Crippen molar-refractivity contribution < 1.29 is 9.90 Å². The summed E-state index contributed by atoms with van der Waals surface area (Å²) < 4.78 is 0. The number of carbonyl (C=O) groups excluding carboxylic acids is 1. The molecule has 0 fully saturated rings. The molecular formula is C15H18N2O2S. The smallest absolute Gasteiger partial charge is 0.319 e. The van der Waals surface area contributed by atoms with E-state index in [-0.39, 0.29) is 12.6 Å². The Kier molecular flexibility index (Phi) is 5.15. The van der Waals surface area contributed by atoms with Crippen molar-refractivity contribution in [2.24, 2.45) is 0 Å². The molecule has 0 aliphatic heterocycles. The number of thiophene rings is 1. The first-order valence-electron chi connectivity index (χ1n) is 6.53. The van der Waals surface area contributed by atoms with Crippen LogP contribution in [-0.4, -0.2) is 17.7 Å². The lowest BCUT2D eigenvalue weighted by atomic mass is 10.1. The number of benzene rings is 1. The Labute approximate surface area is 122 Å². The number of aryl methyl sites for hydroxylation is 1. The van der Waals surface area contributed by atoms with Gasteiger partial charge in [0.2, 0.25) is 0 Å². The molecule has 0 radical (unpaired) electrons. The number of amides is 2. The summed E-state index contributed by atoms with van der Waals surface area (Å²) in [4.78, 5) is 11.8. The molecule has 0 spiro atoms. The first-order valence-corrected chi connectivity index (χ1v) is 7.48. The zero-order valence-electron chi connectivity index (χ0n) is 11.3. The molecule has 0 bridgehead atoms. The fourth-order valence-corrected chi connectivity index (χ4v) is 2.60. The third-order valence-electron chi connectivity index (χ3n) is 3.03. The van der Waals surface area contributed by atoms with E-state index < -0.39 is 6.10 Å². The average Bonchev–Trinajstić information content (AvgIpc) is 2.99. The van der Waals surface area contributed by atoms with Gasteiger partial charge < -0.3 is 15.7 Å². The van der Waals surface area contributed by atoms with Gasteiger partial charge in [-0.2, -0.15) is 11.3 Å². The van der Waals surface area contributed by atoms with Gasteiger partial charge in [-0.25, -0.2) is 4.79 Å². The first kappa shape index (κ1) is 14.6. The largest absolute Gasteiger partial charge is 0.387 e. The molecule has 0 saturated carbocycles. The first-order chi connectivity index (χ1) is 9.70. The van der Waals surface area contributed by atoms with E-state index in [1.54, 1.807) is 0 Å². The molecule has 2 aromatic rings. The van der Waals surface area contributed by atoms with Gasteiger partial charge in [0, 0.05) is 12.2 Å². The molecule has 0 saturated heterocycles. The molecule has 3 N–H and O–H groups in total. The van der Waals surface area contributed by atoms with Gasteiger partial charge >= 0.3 is 6.03 Å². The molecule has 2 rings (SSSR count). The van der Waals surface area contributed by atoms with Crippen LogP contribution >= 0.6 is 11.3 Å². The Morgan fingerprint density at radius 3 is 2.85 bits per heavy atom. The lowest BCUT2D eigenvalue weighted by Crippen LogP contribution is -2.32. The van der Waals surface area contributed by atoms with Crippen molar-refractivity contribution in [1.29, 1.82) is 0 Å². The molecule has 0 aliphatic carbocycles. The third kappa shape index (κ3) is 3.82. The SMILES string of the molecule is CCc1ccccc1NC(=O)NCC(O)c1ccsc1. The van der Waals surface area contributed by atoms with Crippen LogP contribution in [0.5, 0.6) is 0 Å². The number of para-hydroxylation sites is 1. The highest BCUT2D eigenvalue weighted by atomic mass is 32.1. The average molecular weight is 290 g/mol. The zero-order chi connectivity index (χ0) is 14.4. The van der Waals surface area contributed by atoms with E-state index in [1.807, 2.05) is 48.0 Å². The molecule has 5 heteroatoms. The number of aliphatic hydroxyl groups is 1. The highest BCUT2D eigenvalue weighted by Gasteiger charge is 2.10. The molecular weight excluding hydrogens is 272 g/mol. The molecule has 1 aromatic heterocycles. The number of nitrogens with one attached hydrogen (secondary N) is 2. The van der Waals surface area contributed by atoms with E-state index in [0.717, 1.165) is 23.2 Å². The van der Waals surface area contributed by atoms with Gasteiger partial charge in [0.05, 0.1) is 6.10 Å². The van der Waals surface area contributed by atoms with E-state index in [0.29, 0.717) is 0 Å². The summed E-state index contributed by atoms with van der Waals surface area (Å²) in [6, 6.07) is 9.22. The van der Waals surface area contributed by atoms with E-state index >= 15 is 0 Å². The number of rotatable bonds is 5. The number of hydrogen-bond donors (Lipinski definition) is 3.